The molecule has 2 aliphatic heterocycles. The number of carbonyl (C=O) groups excluding carboxylic acids is 2. The molecule has 0 unspecified atom stereocenters. The zero-order valence-electron chi connectivity index (χ0n) is 15.0. The highest BCUT2D eigenvalue weighted by Crippen LogP contribution is 2.40. The van der Waals surface area contributed by atoms with E-state index in [9.17, 15) is 9.59 Å². The molecule has 24 heavy (non-hydrogen) atoms. The number of carbonyl (C=O) groups is 2. The Labute approximate surface area is 143 Å². The van der Waals surface area contributed by atoms with Crippen LogP contribution in [-0.4, -0.2) is 57.3 Å². The maximum Gasteiger partial charge on any atom is 0.242 e. The predicted molar refractivity (Wildman–Crippen MR) is 91.4 cm³/mol. The summed E-state index contributed by atoms with van der Waals surface area (Å²) in [5.41, 5.74) is 1.65. The van der Waals surface area contributed by atoms with E-state index in [0.29, 0.717) is 19.6 Å². The van der Waals surface area contributed by atoms with Crippen LogP contribution in [0.15, 0.2) is 6.33 Å². The maximum absolute atomic E-state index is 12.9. The van der Waals surface area contributed by atoms with Gasteiger partial charge >= 0.3 is 0 Å². The second-order valence-electron chi connectivity index (χ2n) is 7.28. The van der Waals surface area contributed by atoms with Crippen molar-refractivity contribution in [2.75, 3.05) is 26.2 Å². The highest BCUT2D eigenvalue weighted by atomic mass is 16.2. The number of piperidine rings is 1. The minimum Gasteiger partial charge on any atom is -0.342 e. The van der Waals surface area contributed by atoms with Crippen LogP contribution in [-0.2, 0) is 16.1 Å². The summed E-state index contributed by atoms with van der Waals surface area (Å²) >= 11 is 0. The number of aryl methyl sites for hydroxylation is 1. The van der Waals surface area contributed by atoms with E-state index >= 15 is 0 Å². The topological polar surface area (TPSA) is 58.4 Å². The van der Waals surface area contributed by atoms with Gasteiger partial charge in [-0.05, 0) is 39.5 Å². The lowest BCUT2D eigenvalue weighted by molar-refractivity contribution is -0.146. The molecule has 2 amide bonds. The lowest BCUT2D eigenvalue weighted by Crippen LogP contribution is -2.50. The number of aromatic nitrogens is 2. The molecule has 6 heteroatoms. The first-order chi connectivity index (χ1) is 11.5. The molecule has 3 rings (SSSR count). The largest absolute Gasteiger partial charge is 0.342 e. The van der Waals surface area contributed by atoms with Gasteiger partial charge in [0, 0.05) is 31.9 Å². The number of likely N-dealkylation sites (tertiary alicyclic amines) is 2. The first-order valence-electron chi connectivity index (χ1n) is 9.02. The normalized spacial score (nSPS) is 24.2. The summed E-state index contributed by atoms with van der Waals surface area (Å²) in [6.07, 6.45) is 5.49. The van der Waals surface area contributed by atoms with Gasteiger partial charge in [-0.1, -0.05) is 6.92 Å². The summed E-state index contributed by atoms with van der Waals surface area (Å²) in [6, 6.07) is 0. The number of hydrogen-bond acceptors (Lipinski definition) is 3. The van der Waals surface area contributed by atoms with Gasteiger partial charge in [0.1, 0.15) is 6.54 Å². The fourth-order valence-electron chi connectivity index (χ4n) is 4.05. The van der Waals surface area contributed by atoms with Crippen LogP contribution in [0.3, 0.4) is 0 Å². The maximum atomic E-state index is 12.9. The first-order valence-corrected chi connectivity index (χ1v) is 9.02. The van der Waals surface area contributed by atoms with Gasteiger partial charge in [0.25, 0.3) is 0 Å². The average molecular weight is 332 g/mol. The van der Waals surface area contributed by atoms with Crippen molar-refractivity contribution in [3.63, 3.8) is 0 Å². The van der Waals surface area contributed by atoms with Gasteiger partial charge in [-0.15, -0.1) is 0 Å². The number of hydrogen-bond donors (Lipinski definition) is 0. The Morgan fingerprint density at radius 1 is 1.29 bits per heavy atom. The van der Waals surface area contributed by atoms with Crippen molar-refractivity contribution in [3.05, 3.63) is 17.7 Å². The van der Waals surface area contributed by atoms with Gasteiger partial charge < -0.3 is 14.4 Å². The highest BCUT2D eigenvalue weighted by Gasteiger charge is 2.49. The van der Waals surface area contributed by atoms with Crippen molar-refractivity contribution in [1.29, 1.82) is 0 Å². The van der Waals surface area contributed by atoms with Crippen LogP contribution in [0.2, 0.25) is 0 Å². The van der Waals surface area contributed by atoms with Gasteiger partial charge in [0.2, 0.25) is 11.8 Å². The van der Waals surface area contributed by atoms with Crippen molar-refractivity contribution in [3.8, 4) is 0 Å². The first kappa shape index (κ1) is 17.0. The fraction of sp³-hybridized carbons (Fsp3) is 0.722. The van der Waals surface area contributed by atoms with Gasteiger partial charge in [0.15, 0.2) is 0 Å². The molecule has 1 aromatic heterocycles. The standard InChI is InChI=1S/C18H28N4O2/c1-4-8-20-9-5-6-18(17(20)24)7-10-21(12-18)16(23)11-22-13-19-14(2)15(22)3/h13H,4-12H2,1-3H3/t18-/m0/s1. The van der Waals surface area contributed by atoms with Crippen LogP contribution in [0.5, 0.6) is 0 Å². The molecule has 132 valence electrons. The van der Waals surface area contributed by atoms with Gasteiger partial charge in [-0.2, -0.15) is 0 Å². The minimum atomic E-state index is -0.330. The van der Waals surface area contributed by atoms with Gasteiger partial charge in [0.05, 0.1) is 17.4 Å². The molecule has 1 spiro atoms. The van der Waals surface area contributed by atoms with Crippen molar-refractivity contribution in [2.45, 2.75) is 53.0 Å². The Kier molecular flexibility index (Phi) is 4.65. The fourth-order valence-corrected chi connectivity index (χ4v) is 4.05. The third-order valence-corrected chi connectivity index (χ3v) is 5.68. The van der Waals surface area contributed by atoms with E-state index < -0.39 is 0 Å². The number of nitrogens with zero attached hydrogens (tertiary/aromatic N) is 4. The second kappa shape index (κ2) is 6.57. The SMILES string of the molecule is CCCN1CCC[C@@]2(CCN(C(=O)Cn3cnc(C)c3C)C2)C1=O. The molecular formula is C18H28N4O2. The monoisotopic (exact) mass is 332 g/mol. The average Bonchev–Trinajstić information content (AvgIpc) is 3.12. The number of amides is 2. The molecule has 2 fully saturated rings. The summed E-state index contributed by atoms with van der Waals surface area (Å²) in [5, 5.41) is 0. The molecule has 0 saturated carbocycles. The van der Waals surface area contributed by atoms with E-state index in [2.05, 4.69) is 11.9 Å². The van der Waals surface area contributed by atoms with E-state index in [0.717, 1.165) is 50.2 Å². The second-order valence-corrected chi connectivity index (χ2v) is 7.28. The van der Waals surface area contributed by atoms with Gasteiger partial charge in [-0.3, -0.25) is 9.59 Å². The van der Waals surface area contributed by atoms with Crippen LogP contribution in [0, 0.1) is 19.3 Å². The molecule has 0 bridgehead atoms. The zero-order valence-corrected chi connectivity index (χ0v) is 15.0. The third-order valence-electron chi connectivity index (χ3n) is 5.68. The van der Waals surface area contributed by atoms with Crippen LogP contribution in [0.4, 0.5) is 0 Å². The minimum absolute atomic E-state index is 0.0905. The van der Waals surface area contributed by atoms with Crippen LogP contribution >= 0.6 is 0 Å². The number of imidazole rings is 1. The molecule has 6 nitrogen and oxygen atoms in total. The number of rotatable bonds is 4. The van der Waals surface area contributed by atoms with Crippen LogP contribution < -0.4 is 0 Å². The van der Waals surface area contributed by atoms with Crippen molar-refractivity contribution < 1.29 is 9.59 Å². The molecule has 3 heterocycles. The Morgan fingerprint density at radius 3 is 2.75 bits per heavy atom. The van der Waals surface area contributed by atoms with E-state index in [1.807, 2.05) is 28.2 Å². The lowest BCUT2D eigenvalue weighted by atomic mass is 9.78. The van der Waals surface area contributed by atoms with E-state index in [-0.39, 0.29) is 17.2 Å². The summed E-state index contributed by atoms with van der Waals surface area (Å²) in [4.78, 5) is 33.7. The molecule has 1 atom stereocenters. The third kappa shape index (κ3) is 2.94. The van der Waals surface area contributed by atoms with Gasteiger partial charge in [-0.25, -0.2) is 4.98 Å². The smallest absolute Gasteiger partial charge is 0.242 e. The highest BCUT2D eigenvalue weighted by molar-refractivity contribution is 5.86. The Morgan fingerprint density at radius 2 is 2.08 bits per heavy atom. The van der Waals surface area contributed by atoms with Crippen molar-refractivity contribution >= 4 is 11.8 Å². The van der Waals surface area contributed by atoms with Crippen molar-refractivity contribution in [1.82, 2.24) is 19.4 Å². The quantitative estimate of drug-likeness (QED) is 0.844. The van der Waals surface area contributed by atoms with E-state index in [1.165, 1.54) is 0 Å². The summed E-state index contributed by atoms with van der Waals surface area (Å²) in [7, 11) is 0. The molecule has 0 radical (unpaired) electrons. The lowest BCUT2D eigenvalue weighted by Gasteiger charge is -2.39. The zero-order chi connectivity index (χ0) is 17.3. The molecular weight excluding hydrogens is 304 g/mol. The summed E-state index contributed by atoms with van der Waals surface area (Å²) in [6.45, 7) is 9.33. The van der Waals surface area contributed by atoms with E-state index in [4.69, 9.17) is 0 Å². The molecule has 0 aromatic carbocycles. The predicted octanol–water partition coefficient (Wildman–Crippen LogP) is 1.75. The Hall–Kier alpha value is -1.85. The molecule has 0 N–H and O–H groups in total. The van der Waals surface area contributed by atoms with E-state index in [1.54, 1.807) is 6.33 Å². The Bertz CT molecular complexity index is 637. The summed E-state index contributed by atoms with van der Waals surface area (Å²) in [5.74, 6) is 0.355. The molecule has 2 saturated heterocycles. The molecule has 1 aromatic rings. The van der Waals surface area contributed by atoms with Crippen LogP contribution in [0.1, 0.15) is 44.0 Å². The van der Waals surface area contributed by atoms with Crippen LogP contribution in [0.25, 0.3) is 0 Å². The Balaban J connectivity index is 1.67. The molecule has 0 aliphatic carbocycles. The molecule has 2 aliphatic rings. The summed E-state index contributed by atoms with van der Waals surface area (Å²) < 4.78 is 1.90. The van der Waals surface area contributed by atoms with Crippen molar-refractivity contribution in [2.24, 2.45) is 5.41 Å².